The Morgan fingerprint density at radius 2 is 1.48 bits per heavy atom. The van der Waals surface area contributed by atoms with Crippen molar-refractivity contribution in [3.05, 3.63) is 111 Å². The molecule has 0 saturated heterocycles. The molecule has 0 aromatic heterocycles. The molecule has 31 heavy (non-hydrogen) atoms. The number of fused-ring (bicyclic) bond motifs is 1. The Morgan fingerprint density at radius 1 is 0.806 bits per heavy atom. The highest BCUT2D eigenvalue weighted by Gasteiger charge is 2.12. The molecule has 0 radical (unpaired) electrons. The Bertz CT molecular complexity index is 1320. The van der Waals surface area contributed by atoms with E-state index in [9.17, 15) is 5.26 Å². The third kappa shape index (κ3) is 4.86. The van der Waals surface area contributed by atoms with Gasteiger partial charge in [0.05, 0.1) is 21.7 Å². The molecule has 0 atom stereocenters. The fraction of sp³-hybridized carbons (Fsp3) is 0.0385. The molecule has 4 aromatic carbocycles. The average Bonchev–Trinajstić information content (AvgIpc) is 2.77. The lowest BCUT2D eigenvalue weighted by Gasteiger charge is -2.12. The molecule has 5 heteroatoms. The largest absolute Gasteiger partial charge is 0.486 e. The van der Waals surface area contributed by atoms with Gasteiger partial charge in [-0.3, -0.25) is 0 Å². The van der Waals surface area contributed by atoms with Crippen molar-refractivity contribution < 1.29 is 4.74 Å². The normalized spacial score (nSPS) is 11.4. The second-order valence-corrected chi connectivity index (χ2v) is 8.16. The molecule has 152 valence electrons. The summed E-state index contributed by atoms with van der Waals surface area (Å²) in [4.78, 5) is 0. The summed E-state index contributed by atoms with van der Waals surface area (Å²) in [5.74, 6) is 0.407. The first-order valence-electron chi connectivity index (χ1n) is 9.51. The smallest absolute Gasteiger partial charge is 0.157 e. The van der Waals surface area contributed by atoms with E-state index < -0.39 is 0 Å². The molecule has 0 aliphatic rings. The highest BCUT2D eigenvalue weighted by molar-refractivity contribution is 6.37. The number of allylic oxidation sites excluding steroid dienone is 1. The van der Waals surface area contributed by atoms with Gasteiger partial charge in [0.1, 0.15) is 6.61 Å². The van der Waals surface area contributed by atoms with Gasteiger partial charge in [-0.2, -0.15) is 5.26 Å². The van der Waals surface area contributed by atoms with Gasteiger partial charge < -0.3 is 4.74 Å². The van der Waals surface area contributed by atoms with Gasteiger partial charge >= 0.3 is 0 Å². The second-order valence-electron chi connectivity index (χ2n) is 6.93. The minimum absolute atomic E-state index is 0.336. The number of rotatable bonds is 5. The summed E-state index contributed by atoms with van der Waals surface area (Å²) in [5.41, 5.74) is 2.77. The van der Waals surface area contributed by atoms with Gasteiger partial charge in [-0.25, -0.2) is 0 Å². The summed E-state index contributed by atoms with van der Waals surface area (Å²) >= 11 is 19.1. The first-order valence-corrected chi connectivity index (χ1v) is 10.6. The summed E-state index contributed by atoms with van der Waals surface area (Å²) in [5, 5.41) is 13.1. The van der Waals surface area contributed by atoms with Crippen LogP contribution in [0.25, 0.3) is 22.4 Å². The SMILES string of the molecule is N#CC(=Cc1cc(Cl)c(OCc2ccc3ccccc3c2)c(Cl)c1)c1ccccc1Cl. The number of nitriles is 1. The topological polar surface area (TPSA) is 33.0 Å². The molecule has 2 nitrogen and oxygen atoms in total. The van der Waals surface area contributed by atoms with Gasteiger partial charge in [0.2, 0.25) is 0 Å². The molecule has 0 saturated carbocycles. The summed E-state index contributed by atoms with van der Waals surface area (Å²) in [6, 6.07) is 27.1. The van der Waals surface area contributed by atoms with Crippen LogP contribution in [0.3, 0.4) is 0 Å². The molecule has 4 aromatic rings. The molecule has 0 unspecified atom stereocenters. The maximum atomic E-state index is 9.58. The third-order valence-electron chi connectivity index (χ3n) is 4.81. The quantitative estimate of drug-likeness (QED) is 0.219. The Labute approximate surface area is 195 Å². The number of hydrogen-bond donors (Lipinski definition) is 0. The van der Waals surface area contributed by atoms with Crippen LogP contribution >= 0.6 is 34.8 Å². The molecule has 4 rings (SSSR count). The third-order valence-corrected chi connectivity index (χ3v) is 5.70. The molecule has 0 aliphatic carbocycles. The summed E-state index contributed by atoms with van der Waals surface area (Å²) in [7, 11) is 0. The van der Waals surface area contributed by atoms with E-state index in [1.807, 2.05) is 30.3 Å². The van der Waals surface area contributed by atoms with Crippen LogP contribution in [0.2, 0.25) is 15.1 Å². The molecule has 0 N–H and O–H groups in total. The molecule has 0 heterocycles. The lowest BCUT2D eigenvalue weighted by atomic mass is 10.0. The number of hydrogen-bond acceptors (Lipinski definition) is 2. The van der Waals surface area contributed by atoms with Gasteiger partial charge in [-0.15, -0.1) is 0 Å². The Morgan fingerprint density at radius 3 is 2.19 bits per heavy atom. The molecule has 0 aliphatic heterocycles. The first kappa shape index (κ1) is 21.3. The van der Waals surface area contributed by atoms with E-state index >= 15 is 0 Å². The van der Waals surface area contributed by atoms with Gasteiger partial charge in [0.15, 0.2) is 5.75 Å². The van der Waals surface area contributed by atoms with E-state index in [4.69, 9.17) is 39.5 Å². The van der Waals surface area contributed by atoms with Gasteiger partial charge in [0, 0.05) is 10.6 Å². The fourth-order valence-electron chi connectivity index (χ4n) is 3.30. The van der Waals surface area contributed by atoms with Crippen molar-refractivity contribution in [1.29, 1.82) is 5.26 Å². The van der Waals surface area contributed by atoms with E-state index in [1.54, 1.807) is 30.3 Å². The zero-order valence-electron chi connectivity index (χ0n) is 16.3. The minimum atomic E-state index is 0.336. The molecule has 0 spiro atoms. The van der Waals surface area contributed by atoms with Crippen molar-refractivity contribution in [1.82, 2.24) is 0 Å². The van der Waals surface area contributed by atoms with Gasteiger partial charge in [-0.05, 0) is 52.2 Å². The highest BCUT2D eigenvalue weighted by Crippen LogP contribution is 2.36. The Kier molecular flexibility index (Phi) is 6.49. The maximum Gasteiger partial charge on any atom is 0.157 e. The summed E-state index contributed by atoms with van der Waals surface area (Å²) in [6.07, 6.45) is 1.70. The van der Waals surface area contributed by atoms with E-state index in [0.29, 0.717) is 44.1 Å². The highest BCUT2D eigenvalue weighted by atomic mass is 35.5. The van der Waals surface area contributed by atoms with Crippen LogP contribution in [0.15, 0.2) is 78.9 Å². The van der Waals surface area contributed by atoms with Crippen molar-refractivity contribution in [2.75, 3.05) is 0 Å². The van der Waals surface area contributed by atoms with Crippen molar-refractivity contribution in [3.63, 3.8) is 0 Å². The first-order chi connectivity index (χ1) is 15.0. The van der Waals surface area contributed by atoms with E-state index in [0.717, 1.165) is 10.9 Å². The van der Waals surface area contributed by atoms with Crippen LogP contribution in [0.4, 0.5) is 0 Å². The predicted octanol–water partition coefficient (Wildman–Crippen LogP) is 8.44. The van der Waals surface area contributed by atoms with Crippen LogP contribution < -0.4 is 4.74 Å². The number of nitrogens with zero attached hydrogens (tertiary/aromatic N) is 1. The van der Waals surface area contributed by atoms with Crippen LogP contribution in [-0.2, 0) is 6.61 Å². The van der Waals surface area contributed by atoms with Crippen molar-refractivity contribution >= 4 is 57.2 Å². The zero-order chi connectivity index (χ0) is 21.8. The maximum absolute atomic E-state index is 9.58. The summed E-state index contributed by atoms with van der Waals surface area (Å²) < 4.78 is 5.92. The number of halogens is 3. The van der Waals surface area contributed by atoms with Gasteiger partial charge in [-0.1, -0.05) is 89.4 Å². The predicted molar refractivity (Wildman–Crippen MR) is 130 cm³/mol. The van der Waals surface area contributed by atoms with Crippen LogP contribution in [0.5, 0.6) is 5.75 Å². The monoisotopic (exact) mass is 463 g/mol. The minimum Gasteiger partial charge on any atom is -0.486 e. The molecular weight excluding hydrogens is 449 g/mol. The van der Waals surface area contributed by atoms with Gasteiger partial charge in [0.25, 0.3) is 0 Å². The Hall–Kier alpha value is -2.96. The molecular formula is C26H16Cl3NO. The van der Waals surface area contributed by atoms with Crippen molar-refractivity contribution in [3.8, 4) is 11.8 Å². The molecule has 0 bridgehead atoms. The average molecular weight is 465 g/mol. The van der Waals surface area contributed by atoms with E-state index in [1.165, 1.54) is 5.39 Å². The van der Waals surface area contributed by atoms with Crippen LogP contribution in [-0.4, -0.2) is 0 Å². The van der Waals surface area contributed by atoms with E-state index in [-0.39, 0.29) is 0 Å². The molecule has 0 amide bonds. The number of benzene rings is 4. The fourth-order valence-corrected chi connectivity index (χ4v) is 4.15. The Balaban J connectivity index is 1.58. The van der Waals surface area contributed by atoms with Crippen LogP contribution in [0, 0.1) is 11.3 Å². The van der Waals surface area contributed by atoms with E-state index in [2.05, 4.69) is 30.3 Å². The summed E-state index contributed by atoms with van der Waals surface area (Å²) in [6.45, 7) is 0.336. The standard InChI is InChI=1S/C26H16Cl3NO/c27-23-8-4-3-7-22(23)21(15-30)12-18-13-24(28)26(25(29)14-18)31-16-17-9-10-19-5-1-2-6-20(19)11-17/h1-14H,16H2. The zero-order valence-corrected chi connectivity index (χ0v) is 18.5. The lowest BCUT2D eigenvalue weighted by molar-refractivity contribution is 0.307. The van der Waals surface area contributed by atoms with Crippen molar-refractivity contribution in [2.24, 2.45) is 0 Å². The number of ether oxygens (including phenoxy) is 1. The molecule has 0 fully saturated rings. The van der Waals surface area contributed by atoms with Crippen molar-refractivity contribution in [2.45, 2.75) is 6.61 Å². The lowest BCUT2D eigenvalue weighted by Crippen LogP contribution is -1.97. The van der Waals surface area contributed by atoms with Crippen LogP contribution in [0.1, 0.15) is 16.7 Å². The second kappa shape index (κ2) is 9.45.